The van der Waals surface area contributed by atoms with Crippen molar-refractivity contribution in [3.63, 3.8) is 0 Å². The third-order valence-corrected chi connectivity index (χ3v) is 2.44. The molecule has 0 radical (unpaired) electrons. The molecule has 0 spiro atoms. The molecule has 0 saturated carbocycles. The minimum absolute atomic E-state index is 0.0158. The third kappa shape index (κ3) is 2.75. The van der Waals surface area contributed by atoms with E-state index in [-0.39, 0.29) is 6.04 Å². The SMILES string of the molecule is CNC(C)c1nnc(Nc2ccc(OC)nc2)o1. The summed E-state index contributed by atoms with van der Waals surface area (Å²) in [7, 11) is 3.40. The molecule has 7 nitrogen and oxygen atoms in total. The topological polar surface area (TPSA) is 85.1 Å². The van der Waals surface area contributed by atoms with Gasteiger partial charge in [-0.15, -0.1) is 5.10 Å². The second-order valence-corrected chi connectivity index (χ2v) is 3.67. The van der Waals surface area contributed by atoms with Crippen LogP contribution in [0.5, 0.6) is 5.88 Å². The largest absolute Gasteiger partial charge is 0.481 e. The number of hydrogen-bond donors (Lipinski definition) is 2. The molecule has 1 atom stereocenters. The number of ether oxygens (including phenoxy) is 1. The van der Waals surface area contributed by atoms with Crippen LogP contribution in [-0.2, 0) is 0 Å². The average Bonchev–Trinajstić information content (AvgIpc) is 2.87. The maximum atomic E-state index is 5.44. The van der Waals surface area contributed by atoms with Gasteiger partial charge in [0.15, 0.2) is 0 Å². The lowest BCUT2D eigenvalue weighted by Crippen LogP contribution is -2.12. The van der Waals surface area contributed by atoms with E-state index >= 15 is 0 Å². The number of hydrogen-bond acceptors (Lipinski definition) is 7. The first kappa shape index (κ1) is 12.3. The Labute approximate surface area is 105 Å². The molecule has 0 aromatic carbocycles. The molecule has 7 heteroatoms. The van der Waals surface area contributed by atoms with E-state index in [9.17, 15) is 0 Å². The highest BCUT2D eigenvalue weighted by Gasteiger charge is 2.11. The summed E-state index contributed by atoms with van der Waals surface area (Å²) in [5.41, 5.74) is 0.753. The van der Waals surface area contributed by atoms with Crippen molar-refractivity contribution in [2.45, 2.75) is 13.0 Å². The molecule has 96 valence electrons. The first-order chi connectivity index (χ1) is 8.72. The van der Waals surface area contributed by atoms with Gasteiger partial charge >= 0.3 is 6.01 Å². The molecule has 0 bridgehead atoms. The Morgan fingerprint density at radius 2 is 2.17 bits per heavy atom. The van der Waals surface area contributed by atoms with Crippen molar-refractivity contribution in [3.05, 3.63) is 24.2 Å². The van der Waals surface area contributed by atoms with Crippen molar-refractivity contribution in [3.8, 4) is 5.88 Å². The number of nitrogens with one attached hydrogen (secondary N) is 2. The monoisotopic (exact) mass is 249 g/mol. The third-order valence-electron chi connectivity index (χ3n) is 2.44. The van der Waals surface area contributed by atoms with Gasteiger partial charge in [-0.3, -0.25) is 0 Å². The molecule has 1 unspecified atom stereocenters. The zero-order valence-corrected chi connectivity index (χ0v) is 10.5. The molecule has 0 aliphatic heterocycles. The summed E-state index contributed by atoms with van der Waals surface area (Å²) in [6, 6.07) is 3.91. The summed E-state index contributed by atoms with van der Waals surface area (Å²) in [5.74, 6) is 1.08. The van der Waals surface area contributed by atoms with Gasteiger partial charge in [-0.05, 0) is 20.0 Å². The maximum absolute atomic E-state index is 5.44. The second-order valence-electron chi connectivity index (χ2n) is 3.67. The van der Waals surface area contributed by atoms with Gasteiger partial charge < -0.3 is 19.8 Å². The fourth-order valence-corrected chi connectivity index (χ4v) is 1.28. The Hall–Kier alpha value is -2.15. The van der Waals surface area contributed by atoms with Gasteiger partial charge in [-0.25, -0.2) is 4.98 Å². The average molecular weight is 249 g/mol. The molecule has 0 aliphatic rings. The van der Waals surface area contributed by atoms with E-state index in [1.54, 1.807) is 19.4 Å². The Balaban J connectivity index is 2.06. The molecule has 2 heterocycles. The lowest BCUT2D eigenvalue weighted by atomic mass is 10.3. The quantitative estimate of drug-likeness (QED) is 0.830. The van der Waals surface area contributed by atoms with Crippen LogP contribution in [-0.4, -0.2) is 29.3 Å². The minimum atomic E-state index is 0.0158. The molecule has 2 N–H and O–H groups in total. The molecular weight excluding hydrogens is 234 g/mol. The molecule has 2 aromatic heterocycles. The molecule has 0 amide bonds. The summed E-state index contributed by atoms with van der Waals surface area (Å²) in [5, 5.41) is 13.8. The highest BCUT2D eigenvalue weighted by molar-refractivity contribution is 5.50. The summed E-state index contributed by atoms with van der Waals surface area (Å²) in [6.45, 7) is 1.94. The van der Waals surface area contributed by atoms with Crippen LogP contribution in [0.25, 0.3) is 0 Å². The van der Waals surface area contributed by atoms with Gasteiger partial charge in [0, 0.05) is 6.07 Å². The van der Waals surface area contributed by atoms with Crippen molar-refractivity contribution < 1.29 is 9.15 Å². The predicted molar refractivity (Wildman–Crippen MR) is 65.8 cm³/mol. The Bertz CT molecular complexity index is 496. The van der Waals surface area contributed by atoms with E-state index in [2.05, 4.69) is 25.8 Å². The fourth-order valence-electron chi connectivity index (χ4n) is 1.28. The van der Waals surface area contributed by atoms with E-state index in [4.69, 9.17) is 9.15 Å². The van der Waals surface area contributed by atoms with Crippen LogP contribution in [0.3, 0.4) is 0 Å². The number of nitrogens with zero attached hydrogens (tertiary/aromatic N) is 3. The van der Waals surface area contributed by atoms with Gasteiger partial charge in [0.2, 0.25) is 11.8 Å². The Morgan fingerprint density at radius 3 is 2.78 bits per heavy atom. The predicted octanol–water partition coefficient (Wildman–Crippen LogP) is 1.50. The van der Waals surface area contributed by atoms with E-state index in [0.717, 1.165) is 5.69 Å². The maximum Gasteiger partial charge on any atom is 0.320 e. The normalized spacial score (nSPS) is 12.2. The van der Waals surface area contributed by atoms with Crippen molar-refractivity contribution in [2.75, 3.05) is 19.5 Å². The Kier molecular flexibility index (Phi) is 3.73. The Morgan fingerprint density at radius 1 is 1.33 bits per heavy atom. The standard InChI is InChI=1S/C11H15N5O2/c1-7(12-2)10-15-16-11(18-10)14-8-4-5-9(17-3)13-6-8/h4-7,12H,1-3H3,(H,14,16). The van der Waals surface area contributed by atoms with Gasteiger partial charge in [0.05, 0.1) is 25.0 Å². The summed E-state index contributed by atoms with van der Waals surface area (Å²) >= 11 is 0. The van der Waals surface area contributed by atoms with E-state index in [1.807, 2.05) is 20.0 Å². The molecular formula is C11H15N5O2. The molecule has 2 rings (SSSR count). The van der Waals surface area contributed by atoms with Crippen LogP contribution in [0.1, 0.15) is 18.9 Å². The van der Waals surface area contributed by atoms with Crippen LogP contribution in [0.4, 0.5) is 11.7 Å². The molecule has 0 fully saturated rings. The van der Waals surface area contributed by atoms with E-state index in [0.29, 0.717) is 17.8 Å². The number of rotatable bonds is 5. The zero-order valence-electron chi connectivity index (χ0n) is 10.5. The van der Waals surface area contributed by atoms with Crippen LogP contribution < -0.4 is 15.4 Å². The van der Waals surface area contributed by atoms with Gasteiger partial charge in [-0.2, -0.15) is 0 Å². The number of aromatic nitrogens is 3. The van der Waals surface area contributed by atoms with Crippen molar-refractivity contribution >= 4 is 11.7 Å². The first-order valence-corrected chi connectivity index (χ1v) is 5.50. The lowest BCUT2D eigenvalue weighted by molar-refractivity contribution is 0.398. The van der Waals surface area contributed by atoms with Gasteiger partial charge in [-0.1, -0.05) is 5.10 Å². The lowest BCUT2D eigenvalue weighted by Gasteiger charge is -2.03. The van der Waals surface area contributed by atoms with Gasteiger partial charge in [0.25, 0.3) is 0 Å². The summed E-state index contributed by atoms with van der Waals surface area (Å²) < 4.78 is 10.4. The van der Waals surface area contributed by atoms with Crippen LogP contribution in [0.15, 0.2) is 22.7 Å². The van der Waals surface area contributed by atoms with Crippen LogP contribution in [0, 0.1) is 0 Å². The smallest absolute Gasteiger partial charge is 0.320 e. The zero-order chi connectivity index (χ0) is 13.0. The number of methoxy groups -OCH3 is 1. The fraction of sp³-hybridized carbons (Fsp3) is 0.364. The van der Waals surface area contributed by atoms with Crippen LogP contribution >= 0.6 is 0 Å². The molecule has 0 aliphatic carbocycles. The van der Waals surface area contributed by atoms with E-state index < -0.39 is 0 Å². The van der Waals surface area contributed by atoms with Crippen molar-refractivity contribution in [1.82, 2.24) is 20.5 Å². The summed E-state index contributed by atoms with van der Waals surface area (Å²) in [4.78, 5) is 4.06. The minimum Gasteiger partial charge on any atom is -0.481 e. The number of anilines is 2. The van der Waals surface area contributed by atoms with Crippen molar-refractivity contribution in [2.24, 2.45) is 0 Å². The summed E-state index contributed by atoms with van der Waals surface area (Å²) in [6.07, 6.45) is 1.63. The van der Waals surface area contributed by atoms with Crippen molar-refractivity contribution in [1.29, 1.82) is 0 Å². The highest BCUT2D eigenvalue weighted by atomic mass is 16.5. The number of pyridine rings is 1. The second kappa shape index (κ2) is 5.46. The molecule has 0 saturated heterocycles. The molecule has 18 heavy (non-hydrogen) atoms. The first-order valence-electron chi connectivity index (χ1n) is 5.50. The molecule has 2 aromatic rings. The highest BCUT2D eigenvalue weighted by Crippen LogP contribution is 2.18. The van der Waals surface area contributed by atoms with Crippen LogP contribution in [0.2, 0.25) is 0 Å². The van der Waals surface area contributed by atoms with Gasteiger partial charge in [0.1, 0.15) is 0 Å². The van der Waals surface area contributed by atoms with E-state index in [1.165, 1.54) is 0 Å².